The van der Waals surface area contributed by atoms with E-state index in [1.54, 1.807) is 6.92 Å². The fourth-order valence-corrected chi connectivity index (χ4v) is 6.24. The summed E-state index contributed by atoms with van der Waals surface area (Å²) in [5.41, 5.74) is 18.5. The zero-order valence-corrected chi connectivity index (χ0v) is 24.7. The number of aromatic nitrogens is 1. The summed E-state index contributed by atoms with van der Waals surface area (Å²) in [5.74, 6) is -1.61. The maximum Gasteiger partial charge on any atom is 0.245 e. The van der Waals surface area contributed by atoms with E-state index in [9.17, 15) is 19.2 Å². The fraction of sp³-hybridized carbons (Fsp3) is 0.567. The smallest absolute Gasteiger partial charge is 0.245 e. The van der Waals surface area contributed by atoms with Crippen molar-refractivity contribution < 1.29 is 19.2 Å². The first-order valence-electron chi connectivity index (χ1n) is 14.9. The highest BCUT2D eigenvalue weighted by molar-refractivity contribution is 5.99. The number of nitrogens with zero attached hydrogens (tertiary/aromatic N) is 3. The molecule has 12 nitrogen and oxygen atoms in total. The first-order valence-corrected chi connectivity index (χ1v) is 14.9. The van der Waals surface area contributed by atoms with Gasteiger partial charge in [-0.1, -0.05) is 19.1 Å². The minimum atomic E-state index is -1.47. The van der Waals surface area contributed by atoms with Gasteiger partial charge in [-0.25, -0.2) is 0 Å². The lowest BCUT2D eigenvalue weighted by atomic mass is 9.91. The molecular weight excluding hydrogens is 536 g/mol. The zero-order chi connectivity index (χ0) is 30.6. The molecule has 1 aromatic carbocycles. The summed E-state index contributed by atoms with van der Waals surface area (Å²) >= 11 is 0. The number of piperidine rings is 1. The van der Waals surface area contributed by atoms with Gasteiger partial charge < -0.3 is 36.9 Å². The minimum Gasteiger partial charge on any atom is -0.384 e. The van der Waals surface area contributed by atoms with Crippen LogP contribution in [0.25, 0.3) is 10.9 Å². The Hall–Kier alpha value is -3.93. The molecule has 2 saturated heterocycles. The number of amides is 4. The predicted molar refractivity (Wildman–Crippen MR) is 160 cm³/mol. The summed E-state index contributed by atoms with van der Waals surface area (Å²) in [6, 6.07) is 7.30. The summed E-state index contributed by atoms with van der Waals surface area (Å²) in [5, 5.41) is 11.6. The van der Waals surface area contributed by atoms with E-state index >= 15 is 0 Å². The molecule has 8 N–H and O–H groups in total. The molecule has 0 bridgehead atoms. The van der Waals surface area contributed by atoms with Crippen LogP contribution in [0.15, 0.2) is 24.3 Å². The molecule has 2 fully saturated rings. The Kier molecular flexibility index (Phi) is 9.55. The third kappa shape index (κ3) is 6.59. The zero-order valence-electron chi connectivity index (χ0n) is 24.7. The highest BCUT2D eigenvalue weighted by Crippen LogP contribution is 2.27. The number of nitrogens with one attached hydrogen (secondary N) is 2. The third-order valence-corrected chi connectivity index (χ3v) is 8.84. The van der Waals surface area contributed by atoms with E-state index in [0.29, 0.717) is 31.5 Å². The van der Waals surface area contributed by atoms with Crippen molar-refractivity contribution in [1.29, 1.82) is 5.41 Å². The topological polar surface area (TPSA) is 194 Å². The fourth-order valence-electron chi connectivity index (χ4n) is 6.24. The molecule has 2 aliphatic rings. The van der Waals surface area contributed by atoms with Crippen LogP contribution in [0.5, 0.6) is 0 Å². The number of primary amides is 1. The molecule has 0 saturated carbocycles. The molecule has 12 heteroatoms. The highest BCUT2D eigenvalue weighted by atomic mass is 16.2. The Morgan fingerprint density at radius 1 is 1.10 bits per heavy atom. The number of benzene rings is 1. The summed E-state index contributed by atoms with van der Waals surface area (Å²) in [6.07, 6.45) is 4.46. The summed E-state index contributed by atoms with van der Waals surface area (Å²) in [4.78, 5) is 54.3. The quantitative estimate of drug-likeness (QED) is 0.183. The number of carbonyl (C=O) groups excluding carboxylic acids is 4. The molecule has 0 spiro atoms. The van der Waals surface area contributed by atoms with Crippen molar-refractivity contribution in [2.75, 3.05) is 19.6 Å². The van der Waals surface area contributed by atoms with Crippen molar-refractivity contribution in [3.63, 3.8) is 0 Å². The summed E-state index contributed by atoms with van der Waals surface area (Å²) < 4.78 is 2.24. The van der Waals surface area contributed by atoms with Crippen LogP contribution >= 0.6 is 0 Å². The molecule has 4 amide bonds. The second-order valence-corrected chi connectivity index (χ2v) is 11.6. The number of hydrogen-bond acceptors (Lipinski definition) is 6. The van der Waals surface area contributed by atoms with Crippen molar-refractivity contribution >= 4 is 40.4 Å². The van der Waals surface area contributed by atoms with Crippen LogP contribution < -0.4 is 22.5 Å². The van der Waals surface area contributed by atoms with Gasteiger partial charge >= 0.3 is 0 Å². The van der Waals surface area contributed by atoms with Crippen LogP contribution in [0.1, 0.15) is 70.1 Å². The first-order chi connectivity index (χ1) is 20.0. The van der Waals surface area contributed by atoms with Crippen molar-refractivity contribution in [3.05, 3.63) is 35.5 Å². The van der Waals surface area contributed by atoms with Gasteiger partial charge in [0.2, 0.25) is 23.6 Å². The Bertz CT molecular complexity index is 1370. The van der Waals surface area contributed by atoms with Gasteiger partial charge in [0, 0.05) is 42.5 Å². The van der Waals surface area contributed by atoms with E-state index in [0.717, 1.165) is 43.1 Å². The standard InChI is InChI=1S/C30H44N8O4/c1-3-30(34,29(33)42)17-25(39)35-23-8-6-13-36(28(23)41)18-26(40)38-14-5-7-21(38)11-12-22-15-19-9-10-20(27(31)32)16-24(19)37(22)4-2/h9-10,15-16,21,23H,3-8,11-14,17-18,34H2,1-2H3,(H3,31,32)(H2,33,42)(H,35,39)/t21-,23-,30-/m0/s1. The van der Waals surface area contributed by atoms with Crippen LogP contribution in [0.3, 0.4) is 0 Å². The molecular formula is C30H44N8O4. The molecule has 4 rings (SSSR count). The average Bonchev–Trinajstić information content (AvgIpc) is 3.57. The Labute approximate surface area is 246 Å². The van der Waals surface area contributed by atoms with E-state index in [4.69, 9.17) is 22.6 Å². The molecule has 0 aliphatic carbocycles. The van der Waals surface area contributed by atoms with Crippen molar-refractivity contribution in [2.45, 2.75) is 89.4 Å². The van der Waals surface area contributed by atoms with Gasteiger partial charge in [0.15, 0.2) is 0 Å². The number of fused-ring (bicyclic) bond motifs is 1. The van der Waals surface area contributed by atoms with E-state index in [1.807, 2.05) is 23.1 Å². The lowest BCUT2D eigenvalue weighted by molar-refractivity contribution is -0.145. The van der Waals surface area contributed by atoms with Crippen molar-refractivity contribution in [1.82, 2.24) is 19.7 Å². The largest absolute Gasteiger partial charge is 0.384 e. The van der Waals surface area contributed by atoms with E-state index in [-0.39, 0.29) is 43.1 Å². The maximum absolute atomic E-state index is 13.4. The lowest BCUT2D eigenvalue weighted by Gasteiger charge is -2.34. The Balaban J connectivity index is 1.36. The number of nitrogens with two attached hydrogens (primary N) is 3. The van der Waals surface area contributed by atoms with Crippen LogP contribution in [-0.2, 0) is 32.1 Å². The lowest BCUT2D eigenvalue weighted by Crippen LogP contribution is -2.58. The number of hydrogen-bond donors (Lipinski definition) is 5. The van der Waals surface area contributed by atoms with E-state index in [1.165, 1.54) is 10.6 Å². The molecule has 1 aromatic heterocycles. The minimum absolute atomic E-state index is 0.0260. The number of likely N-dealkylation sites (tertiary alicyclic amines) is 2. The molecule has 3 atom stereocenters. The number of aryl methyl sites for hydroxylation is 2. The SMILES string of the molecule is CCn1c(CC[C@@H]2CCCN2C(=O)CN2CCC[C@H](NC(=O)C[C@@](N)(CC)C(N)=O)C2=O)cc2ccc(C(=N)N)cc21. The van der Waals surface area contributed by atoms with Gasteiger partial charge in [0.25, 0.3) is 0 Å². The van der Waals surface area contributed by atoms with Crippen LogP contribution in [0, 0.1) is 5.41 Å². The molecule has 2 aromatic rings. The first kappa shape index (κ1) is 31.0. The van der Waals surface area contributed by atoms with Gasteiger partial charge in [-0.3, -0.25) is 24.6 Å². The second-order valence-electron chi connectivity index (χ2n) is 11.6. The monoisotopic (exact) mass is 580 g/mol. The van der Waals surface area contributed by atoms with Gasteiger partial charge in [-0.15, -0.1) is 0 Å². The van der Waals surface area contributed by atoms with Gasteiger partial charge in [0.1, 0.15) is 17.4 Å². The highest BCUT2D eigenvalue weighted by Gasteiger charge is 2.37. The molecule has 228 valence electrons. The predicted octanol–water partition coefficient (Wildman–Crippen LogP) is 0.959. The van der Waals surface area contributed by atoms with Crippen LogP contribution in [0.4, 0.5) is 0 Å². The molecule has 0 radical (unpaired) electrons. The van der Waals surface area contributed by atoms with Crippen LogP contribution in [0.2, 0.25) is 0 Å². The van der Waals surface area contributed by atoms with Crippen molar-refractivity contribution in [3.8, 4) is 0 Å². The molecule has 2 aliphatic heterocycles. The van der Waals surface area contributed by atoms with Gasteiger partial charge in [-0.2, -0.15) is 0 Å². The molecule has 3 heterocycles. The summed E-state index contributed by atoms with van der Waals surface area (Å²) in [7, 11) is 0. The molecule has 42 heavy (non-hydrogen) atoms. The normalized spacial score (nSPS) is 20.5. The third-order valence-electron chi connectivity index (χ3n) is 8.84. The number of carbonyl (C=O) groups is 4. The Morgan fingerprint density at radius 3 is 2.50 bits per heavy atom. The number of amidine groups is 1. The number of nitrogen functional groups attached to an aromatic ring is 1. The molecule has 0 unspecified atom stereocenters. The van der Waals surface area contributed by atoms with Gasteiger partial charge in [-0.05, 0) is 69.4 Å². The van der Waals surface area contributed by atoms with Crippen LogP contribution in [-0.4, -0.2) is 81.1 Å². The second kappa shape index (κ2) is 12.9. The Morgan fingerprint density at radius 2 is 1.83 bits per heavy atom. The van der Waals surface area contributed by atoms with Gasteiger partial charge in [0.05, 0.1) is 13.0 Å². The number of rotatable bonds is 12. The maximum atomic E-state index is 13.4. The summed E-state index contributed by atoms with van der Waals surface area (Å²) in [6.45, 7) is 5.64. The van der Waals surface area contributed by atoms with Crippen molar-refractivity contribution in [2.24, 2.45) is 17.2 Å². The van der Waals surface area contributed by atoms with E-state index in [2.05, 4.69) is 22.9 Å². The average molecular weight is 581 g/mol. The van der Waals surface area contributed by atoms with E-state index < -0.39 is 23.4 Å².